The normalized spacial score (nSPS) is 10.3. The standard InChI is InChI=1S/C13H15N3OS/c1-9-3-2-4-10(7-9)17-6-5-12-16-11(8-18-12)13(14)15/h2-4,7-8H,5-6H2,1H3,(H3,14,15). The van der Waals surface area contributed by atoms with Gasteiger partial charge in [-0.2, -0.15) is 0 Å². The molecule has 1 heterocycles. The second kappa shape index (κ2) is 5.64. The highest BCUT2D eigenvalue weighted by Gasteiger charge is 2.04. The van der Waals surface area contributed by atoms with Gasteiger partial charge in [0.05, 0.1) is 11.6 Å². The molecule has 0 radical (unpaired) electrons. The molecule has 3 N–H and O–H groups in total. The molecule has 0 aliphatic heterocycles. The van der Waals surface area contributed by atoms with Crippen molar-refractivity contribution < 1.29 is 4.74 Å². The van der Waals surface area contributed by atoms with Crippen molar-refractivity contribution in [2.24, 2.45) is 5.73 Å². The van der Waals surface area contributed by atoms with Crippen molar-refractivity contribution in [2.75, 3.05) is 6.61 Å². The Morgan fingerprint density at radius 3 is 3.00 bits per heavy atom. The molecule has 0 spiro atoms. The average Bonchev–Trinajstić information content (AvgIpc) is 2.78. The van der Waals surface area contributed by atoms with Gasteiger partial charge in [0.1, 0.15) is 17.3 Å². The highest BCUT2D eigenvalue weighted by atomic mass is 32.1. The number of aryl methyl sites for hydroxylation is 1. The molecule has 2 aromatic rings. The van der Waals surface area contributed by atoms with Crippen LogP contribution < -0.4 is 10.5 Å². The van der Waals surface area contributed by atoms with E-state index in [4.69, 9.17) is 15.9 Å². The van der Waals surface area contributed by atoms with Gasteiger partial charge in [-0.05, 0) is 24.6 Å². The molecule has 1 aromatic heterocycles. The van der Waals surface area contributed by atoms with Gasteiger partial charge in [-0.1, -0.05) is 12.1 Å². The smallest absolute Gasteiger partial charge is 0.142 e. The summed E-state index contributed by atoms with van der Waals surface area (Å²) in [5.41, 5.74) is 7.09. The van der Waals surface area contributed by atoms with Crippen molar-refractivity contribution >= 4 is 17.2 Å². The highest BCUT2D eigenvalue weighted by Crippen LogP contribution is 2.14. The van der Waals surface area contributed by atoms with Gasteiger partial charge in [0, 0.05) is 11.8 Å². The first-order chi connectivity index (χ1) is 8.65. The summed E-state index contributed by atoms with van der Waals surface area (Å²) in [6, 6.07) is 7.95. The molecule has 94 valence electrons. The summed E-state index contributed by atoms with van der Waals surface area (Å²) in [4.78, 5) is 4.25. The third-order valence-electron chi connectivity index (χ3n) is 2.40. The zero-order valence-electron chi connectivity index (χ0n) is 10.1. The van der Waals surface area contributed by atoms with E-state index in [1.807, 2.05) is 31.2 Å². The van der Waals surface area contributed by atoms with Crippen LogP contribution in [0.3, 0.4) is 0 Å². The van der Waals surface area contributed by atoms with Crippen LogP contribution in [-0.4, -0.2) is 17.4 Å². The minimum atomic E-state index is 0.0112. The molecule has 18 heavy (non-hydrogen) atoms. The van der Waals surface area contributed by atoms with Crippen LogP contribution in [0.5, 0.6) is 5.75 Å². The van der Waals surface area contributed by atoms with Crippen LogP contribution in [-0.2, 0) is 6.42 Å². The van der Waals surface area contributed by atoms with Crippen LogP contribution in [0.4, 0.5) is 0 Å². The second-order valence-electron chi connectivity index (χ2n) is 3.96. The number of benzene rings is 1. The van der Waals surface area contributed by atoms with Crippen molar-refractivity contribution in [3.63, 3.8) is 0 Å². The lowest BCUT2D eigenvalue weighted by Crippen LogP contribution is -2.11. The monoisotopic (exact) mass is 261 g/mol. The van der Waals surface area contributed by atoms with E-state index in [2.05, 4.69) is 4.98 Å². The number of nitrogens with two attached hydrogens (primary N) is 1. The number of amidine groups is 1. The number of nitrogens with one attached hydrogen (secondary N) is 1. The van der Waals surface area contributed by atoms with Gasteiger partial charge in [-0.15, -0.1) is 11.3 Å². The molecule has 0 unspecified atom stereocenters. The molecule has 0 fully saturated rings. The highest BCUT2D eigenvalue weighted by molar-refractivity contribution is 7.09. The van der Waals surface area contributed by atoms with Crippen LogP contribution in [0.25, 0.3) is 0 Å². The maximum atomic E-state index is 7.27. The Morgan fingerprint density at radius 1 is 1.50 bits per heavy atom. The maximum absolute atomic E-state index is 7.27. The number of thiazole rings is 1. The molecule has 2 rings (SSSR count). The summed E-state index contributed by atoms with van der Waals surface area (Å²) < 4.78 is 5.64. The zero-order chi connectivity index (χ0) is 13.0. The molecule has 0 saturated carbocycles. The topological polar surface area (TPSA) is 72.0 Å². The molecule has 0 atom stereocenters. The Balaban J connectivity index is 1.86. The Hall–Kier alpha value is -1.88. The summed E-state index contributed by atoms with van der Waals surface area (Å²) in [5.74, 6) is 0.885. The molecule has 0 bridgehead atoms. The molecule has 0 saturated heterocycles. The number of hydrogen-bond acceptors (Lipinski definition) is 4. The van der Waals surface area contributed by atoms with Crippen LogP contribution in [0.1, 0.15) is 16.3 Å². The third-order valence-corrected chi connectivity index (χ3v) is 3.31. The molecule has 0 aliphatic carbocycles. The van der Waals surface area contributed by atoms with Crippen LogP contribution in [0.15, 0.2) is 29.6 Å². The SMILES string of the molecule is Cc1cccc(OCCc2nc(C(=N)N)cs2)c1. The fourth-order valence-electron chi connectivity index (χ4n) is 1.51. The van der Waals surface area contributed by atoms with Gasteiger partial charge in [0.2, 0.25) is 0 Å². The minimum Gasteiger partial charge on any atom is -0.493 e. The predicted molar refractivity (Wildman–Crippen MR) is 73.5 cm³/mol. The fourth-order valence-corrected chi connectivity index (χ4v) is 2.29. The third kappa shape index (κ3) is 3.30. The minimum absolute atomic E-state index is 0.0112. The molecule has 0 amide bonds. The van der Waals surface area contributed by atoms with Crippen molar-refractivity contribution in [1.29, 1.82) is 5.41 Å². The number of hydrogen-bond donors (Lipinski definition) is 2. The summed E-state index contributed by atoms with van der Waals surface area (Å²) in [5, 5.41) is 10.0. The zero-order valence-corrected chi connectivity index (χ0v) is 11.0. The van der Waals surface area contributed by atoms with E-state index < -0.39 is 0 Å². The Morgan fingerprint density at radius 2 is 2.33 bits per heavy atom. The van der Waals surface area contributed by atoms with Gasteiger partial charge >= 0.3 is 0 Å². The Labute approximate surface area is 110 Å². The summed E-state index contributed by atoms with van der Waals surface area (Å²) >= 11 is 1.50. The van der Waals surface area contributed by atoms with Gasteiger partial charge in [0.15, 0.2) is 0 Å². The van der Waals surface area contributed by atoms with Crippen molar-refractivity contribution in [2.45, 2.75) is 13.3 Å². The fraction of sp³-hybridized carbons (Fsp3) is 0.231. The number of aromatic nitrogens is 1. The van der Waals surface area contributed by atoms with Gasteiger partial charge < -0.3 is 10.5 Å². The molecule has 4 nitrogen and oxygen atoms in total. The van der Waals surface area contributed by atoms with Gasteiger partial charge in [-0.25, -0.2) is 4.98 Å². The van der Waals surface area contributed by atoms with Gasteiger partial charge in [0.25, 0.3) is 0 Å². The van der Waals surface area contributed by atoms with E-state index in [9.17, 15) is 0 Å². The summed E-state index contributed by atoms with van der Waals surface area (Å²) in [7, 11) is 0. The van der Waals surface area contributed by atoms with E-state index in [0.29, 0.717) is 12.3 Å². The summed E-state index contributed by atoms with van der Waals surface area (Å²) in [6.07, 6.45) is 0.728. The number of ether oxygens (including phenoxy) is 1. The molecule has 1 aromatic carbocycles. The molecular formula is C13H15N3OS. The van der Waals surface area contributed by atoms with Crippen molar-refractivity contribution in [3.05, 3.63) is 45.9 Å². The first-order valence-corrected chi connectivity index (χ1v) is 6.51. The first kappa shape index (κ1) is 12.6. The number of rotatable bonds is 5. The van der Waals surface area contributed by atoms with E-state index in [0.717, 1.165) is 17.2 Å². The van der Waals surface area contributed by atoms with Crippen molar-refractivity contribution in [1.82, 2.24) is 4.98 Å². The van der Waals surface area contributed by atoms with Crippen LogP contribution in [0, 0.1) is 12.3 Å². The van der Waals surface area contributed by atoms with E-state index in [1.165, 1.54) is 16.9 Å². The lowest BCUT2D eigenvalue weighted by Gasteiger charge is -2.05. The first-order valence-electron chi connectivity index (χ1n) is 5.63. The van der Waals surface area contributed by atoms with E-state index in [-0.39, 0.29) is 5.84 Å². The van der Waals surface area contributed by atoms with Crippen LogP contribution >= 0.6 is 11.3 Å². The molecule has 5 heteroatoms. The van der Waals surface area contributed by atoms with E-state index in [1.54, 1.807) is 5.38 Å². The molecule has 0 aliphatic rings. The van der Waals surface area contributed by atoms with Crippen molar-refractivity contribution in [3.8, 4) is 5.75 Å². The lowest BCUT2D eigenvalue weighted by molar-refractivity contribution is 0.321. The Bertz CT molecular complexity index is 551. The quantitative estimate of drug-likeness (QED) is 0.641. The van der Waals surface area contributed by atoms with Crippen LogP contribution in [0.2, 0.25) is 0 Å². The number of nitrogens with zero attached hydrogens (tertiary/aromatic N) is 1. The Kier molecular flexibility index (Phi) is 3.94. The lowest BCUT2D eigenvalue weighted by atomic mass is 10.2. The predicted octanol–water partition coefficient (Wildman–Crippen LogP) is 2.36. The molecular weight excluding hydrogens is 246 g/mol. The van der Waals surface area contributed by atoms with Gasteiger partial charge in [-0.3, -0.25) is 5.41 Å². The second-order valence-corrected chi connectivity index (χ2v) is 4.90. The number of nitrogen functional groups attached to an aromatic ring is 1. The average molecular weight is 261 g/mol. The largest absolute Gasteiger partial charge is 0.493 e. The van der Waals surface area contributed by atoms with E-state index >= 15 is 0 Å². The maximum Gasteiger partial charge on any atom is 0.142 e. The summed E-state index contributed by atoms with van der Waals surface area (Å²) in [6.45, 7) is 2.61.